The Balaban J connectivity index is 1.76. The Morgan fingerprint density at radius 3 is 2.82 bits per heavy atom. The predicted molar refractivity (Wildman–Crippen MR) is 109 cm³/mol. The second-order valence-electron chi connectivity index (χ2n) is 6.38. The van der Waals surface area contributed by atoms with Gasteiger partial charge in [-0.05, 0) is 36.2 Å². The lowest BCUT2D eigenvalue weighted by Crippen LogP contribution is -2.38. The molecule has 7 heteroatoms. The molecule has 3 rings (SSSR count). The second kappa shape index (κ2) is 8.99. The third-order valence-electron chi connectivity index (χ3n) is 4.52. The number of para-hydroxylation sites is 1. The number of hydrogen-bond acceptors (Lipinski definition) is 4. The van der Waals surface area contributed by atoms with Crippen LogP contribution in [0.15, 0.2) is 42.6 Å². The van der Waals surface area contributed by atoms with Crippen molar-refractivity contribution in [2.45, 2.75) is 25.9 Å². The predicted octanol–water partition coefficient (Wildman–Crippen LogP) is 4.01. The molecule has 0 saturated carbocycles. The van der Waals surface area contributed by atoms with Crippen LogP contribution in [-0.2, 0) is 17.8 Å². The molecule has 0 spiro atoms. The maximum Gasteiger partial charge on any atom is 0.321 e. The number of hydrogen-bond donors (Lipinski definition) is 3. The number of nitrogens with one attached hydrogen (secondary N) is 2. The zero-order valence-corrected chi connectivity index (χ0v) is 16.5. The van der Waals surface area contributed by atoms with Crippen LogP contribution in [0.4, 0.5) is 0 Å². The molecule has 1 heterocycles. The molecule has 6 nitrogen and oxygen atoms in total. The van der Waals surface area contributed by atoms with Crippen LogP contribution in [0.3, 0.4) is 0 Å². The summed E-state index contributed by atoms with van der Waals surface area (Å²) in [6.07, 6.45) is 2.22. The molecule has 1 aromatic heterocycles. The molecule has 0 radical (unpaired) electrons. The minimum Gasteiger partial charge on any atom is -0.491 e. The third kappa shape index (κ3) is 4.40. The van der Waals surface area contributed by atoms with Gasteiger partial charge in [-0.15, -0.1) is 0 Å². The molecule has 148 valence electrons. The summed E-state index contributed by atoms with van der Waals surface area (Å²) in [6, 6.07) is 10.7. The molecule has 0 amide bonds. The van der Waals surface area contributed by atoms with Crippen molar-refractivity contribution < 1.29 is 19.4 Å². The summed E-state index contributed by atoms with van der Waals surface area (Å²) in [6.45, 7) is 2.69. The van der Waals surface area contributed by atoms with E-state index in [2.05, 4.69) is 10.3 Å². The summed E-state index contributed by atoms with van der Waals surface area (Å²) in [5.41, 5.74) is 2.77. The van der Waals surface area contributed by atoms with E-state index in [-0.39, 0.29) is 0 Å². The third-order valence-corrected chi connectivity index (χ3v) is 4.80. The van der Waals surface area contributed by atoms with Crippen LogP contribution in [-0.4, -0.2) is 35.8 Å². The Labute approximate surface area is 168 Å². The summed E-state index contributed by atoms with van der Waals surface area (Å²) < 4.78 is 10.9. The number of aromatic nitrogens is 1. The van der Waals surface area contributed by atoms with Crippen molar-refractivity contribution in [3.8, 4) is 11.5 Å². The number of aromatic amines is 1. The average molecular weight is 403 g/mol. The van der Waals surface area contributed by atoms with Crippen LogP contribution in [0.5, 0.6) is 11.5 Å². The van der Waals surface area contributed by atoms with Gasteiger partial charge in [0.2, 0.25) is 0 Å². The standard InChI is InChI=1S/C21H23ClN2O4/c1-3-28-19-9-13(8-16(22)20(19)27-2)11-23-18(21(25)26)10-14-12-24-17-7-5-4-6-15(14)17/h4-9,12,18,23-24H,3,10-11H2,1-2H3,(H,25,26). The lowest BCUT2D eigenvalue weighted by molar-refractivity contribution is -0.139. The topological polar surface area (TPSA) is 83.6 Å². The van der Waals surface area contributed by atoms with E-state index in [0.29, 0.717) is 36.1 Å². The van der Waals surface area contributed by atoms with Gasteiger partial charge < -0.3 is 24.9 Å². The van der Waals surface area contributed by atoms with Crippen LogP contribution in [0, 0.1) is 0 Å². The Morgan fingerprint density at radius 1 is 1.32 bits per heavy atom. The first-order valence-corrected chi connectivity index (χ1v) is 9.41. The zero-order chi connectivity index (χ0) is 20.1. The zero-order valence-electron chi connectivity index (χ0n) is 15.8. The quantitative estimate of drug-likeness (QED) is 0.503. The van der Waals surface area contributed by atoms with E-state index >= 15 is 0 Å². The van der Waals surface area contributed by atoms with E-state index in [1.54, 1.807) is 6.07 Å². The van der Waals surface area contributed by atoms with Crippen LogP contribution >= 0.6 is 11.6 Å². The summed E-state index contributed by atoms with van der Waals surface area (Å²) in [4.78, 5) is 15.0. The molecular formula is C21H23ClN2O4. The molecule has 3 aromatic rings. The highest BCUT2D eigenvalue weighted by Gasteiger charge is 2.20. The van der Waals surface area contributed by atoms with Crippen molar-refractivity contribution in [3.05, 3.63) is 58.7 Å². The number of carboxylic acid groups (broad SMARTS) is 1. The molecular weight excluding hydrogens is 380 g/mol. The van der Waals surface area contributed by atoms with Gasteiger partial charge in [0.1, 0.15) is 6.04 Å². The maximum atomic E-state index is 11.8. The number of fused-ring (bicyclic) bond motifs is 1. The van der Waals surface area contributed by atoms with E-state index in [9.17, 15) is 9.90 Å². The molecule has 0 saturated heterocycles. The Bertz CT molecular complexity index is 970. The number of carboxylic acids is 1. The molecule has 0 fully saturated rings. The van der Waals surface area contributed by atoms with Gasteiger partial charge in [-0.3, -0.25) is 4.79 Å². The highest BCUT2D eigenvalue weighted by atomic mass is 35.5. The number of carbonyl (C=O) groups is 1. The van der Waals surface area contributed by atoms with Crippen LogP contribution < -0.4 is 14.8 Å². The van der Waals surface area contributed by atoms with E-state index in [0.717, 1.165) is 22.0 Å². The van der Waals surface area contributed by atoms with Crippen LogP contribution in [0.25, 0.3) is 10.9 Å². The first-order chi connectivity index (χ1) is 13.5. The molecule has 0 bridgehead atoms. The SMILES string of the molecule is CCOc1cc(CNC(Cc2c[nH]c3ccccc23)C(=O)O)cc(Cl)c1OC. The Hall–Kier alpha value is -2.70. The van der Waals surface area contributed by atoms with Gasteiger partial charge in [0.15, 0.2) is 11.5 Å². The molecule has 0 aliphatic heterocycles. The van der Waals surface area contributed by atoms with Crippen molar-refractivity contribution >= 4 is 28.5 Å². The average Bonchev–Trinajstić information content (AvgIpc) is 3.08. The molecule has 28 heavy (non-hydrogen) atoms. The van der Waals surface area contributed by atoms with Gasteiger partial charge in [0, 0.05) is 30.1 Å². The number of aliphatic carboxylic acids is 1. The number of rotatable bonds is 9. The lowest BCUT2D eigenvalue weighted by Gasteiger charge is -2.16. The van der Waals surface area contributed by atoms with Gasteiger partial charge in [0.05, 0.1) is 18.7 Å². The van der Waals surface area contributed by atoms with E-state index in [1.807, 2.05) is 43.5 Å². The van der Waals surface area contributed by atoms with Gasteiger partial charge in [-0.25, -0.2) is 0 Å². The Morgan fingerprint density at radius 2 is 2.11 bits per heavy atom. The van der Waals surface area contributed by atoms with Crippen molar-refractivity contribution in [1.82, 2.24) is 10.3 Å². The fraction of sp³-hybridized carbons (Fsp3) is 0.286. The molecule has 2 aromatic carbocycles. The van der Waals surface area contributed by atoms with Crippen LogP contribution in [0.2, 0.25) is 5.02 Å². The van der Waals surface area contributed by atoms with Crippen molar-refractivity contribution in [3.63, 3.8) is 0 Å². The molecule has 3 N–H and O–H groups in total. The summed E-state index contributed by atoms with van der Waals surface area (Å²) >= 11 is 6.28. The fourth-order valence-electron chi connectivity index (χ4n) is 3.19. The Kier molecular flexibility index (Phi) is 6.44. The highest BCUT2D eigenvalue weighted by Crippen LogP contribution is 2.36. The molecule has 1 atom stereocenters. The minimum absolute atomic E-state index is 0.336. The van der Waals surface area contributed by atoms with E-state index in [4.69, 9.17) is 21.1 Å². The molecule has 1 unspecified atom stereocenters. The molecule has 0 aliphatic rings. The molecule has 0 aliphatic carbocycles. The van der Waals surface area contributed by atoms with E-state index < -0.39 is 12.0 Å². The number of benzene rings is 2. The first-order valence-electron chi connectivity index (χ1n) is 9.03. The monoisotopic (exact) mass is 402 g/mol. The van der Waals surface area contributed by atoms with Crippen LogP contribution in [0.1, 0.15) is 18.1 Å². The second-order valence-corrected chi connectivity index (χ2v) is 6.78. The number of H-pyrrole nitrogens is 1. The summed E-state index contributed by atoms with van der Waals surface area (Å²) in [7, 11) is 1.53. The number of halogens is 1. The largest absolute Gasteiger partial charge is 0.491 e. The van der Waals surface area contributed by atoms with Gasteiger partial charge in [0.25, 0.3) is 0 Å². The smallest absolute Gasteiger partial charge is 0.321 e. The van der Waals surface area contributed by atoms with Gasteiger partial charge >= 0.3 is 5.97 Å². The van der Waals surface area contributed by atoms with Gasteiger partial charge in [-0.2, -0.15) is 0 Å². The number of methoxy groups -OCH3 is 1. The normalized spacial score (nSPS) is 12.1. The first kappa shape index (κ1) is 20.0. The highest BCUT2D eigenvalue weighted by molar-refractivity contribution is 6.32. The van der Waals surface area contributed by atoms with Crippen molar-refractivity contribution in [2.75, 3.05) is 13.7 Å². The lowest BCUT2D eigenvalue weighted by atomic mass is 10.0. The summed E-state index contributed by atoms with van der Waals surface area (Å²) in [5.74, 6) is 0.105. The summed E-state index contributed by atoms with van der Waals surface area (Å²) in [5, 5.41) is 14.2. The minimum atomic E-state index is -0.907. The van der Waals surface area contributed by atoms with Crippen molar-refractivity contribution in [1.29, 1.82) is 0 Å². The van der Waals surface area contributed by atoms with Gasteiger partial charge in [-0.1, -0.05) is 29.8 Å². The fourth-order valence-corrected chi connectivity index (χ4v) is 3.50. The van der Waals surface area contributed by atoms with E-state index in [1.165, 1.54) is 7.11 Å². The number of ether oxygens (including phenoxy) is 2. The van der Waals surface area contributed by atoms with Crippen molar-refractivity contribution in [2.24, 2.45) is 0 Å². The maximum absolute atomic E-state index is 11.8.